The highest BCUT2D eigenvalue weighted by atomic mass is 79.9. The maximum absolute atomic E-state index is 13.0. The predicted octanol–water partition coefficient (Wildman–Crippen LogP) is 5.04. The molecule has 1 aromatic heterocycles. The molecule has 10 heteroatoms. The summed E-state index contributed by atoms with van der Waals surface area (Å²) in [5.74, 6) is -0.152. The van der Waals surface area contributed by atoms with E-state index in [9.17, 15) is 13.2 Å². The Bertz CT molecular complexity index is 1390. The Morgan fingerprint density at radius 3 is 2.32 bits per heavy atom. The van der Waals surface area contributed by atoms with Crippen molar-refractivity contribution < 1.29 is 13.2 Å². The van der Waals surface area contributed by atoms with Crippen molar-refractivity contribution in [3.8, 4) is 5.69 Å². The van der Waals surface area contributed by atoms with E-state index in [0.717, 1.165) is 15.7 Å². The number of aromatic nitrogens is 3. The fourth-order valence-electron chi connectivity index (χ4n) is 3.18. The normalized spacial score (nSPS) is 11.4. The van der Waals surface area contributed by atoms with Gasteiger partial charge in [0, 0.05) is 15.8 Å². The Morgan fingerprint density at radius 1 is 0.971 bits per heavy atom. The number of thioether (sulfide) groups is 1. The monoisotopic (exact) mass is 556 g/mol. The summed E-state index contributed by atoms with van der Waals surface area (Å²) in [6.07, 6.45) is 0. The fraction of sp³-hybridized carbons (Fsp3) is 0.125. The Labute approximate surface area is 210 Å². The van der Waals surface area contributed by atoms with Crippen molar-refractivity contribution in [2.45, 2.75) is 22.7 Å². The minimum Gasteiger partial charge on any atom is -0.325 e. The number of aryl methyl sites for hydroxylation is 1. The molecule has 0 spiro atoms. The average molecular weight is 557 g/mol. The van der Waals surface area contributed by atoms with E-state index in [4.69, 9.17) is 0 Å². The first-order chi connectivity index (χ1) is 16.3. The molecule has 7 nitrogen and oxygen atoms in total. The van der Waals surface area contributed by atoms with Gasteiger partial charge in [0.05, 0.1) is 10.6 Å². The third-order valence-corrected chi connectivity index (χ3v) is 7.96. The zero-order valence-electron chi connectivity index (χ0n) is 18.2. The Balaban J connectivity index is 1.56. The number of hydrogen-bond acceptors (Lipinski definition) is 6. The summed E-state index contributed by atoms with van der Waals surface area (Å²) in [7, 11) is -3.64. The van der Waals surface area contributed by atoms with E-state index in [2.05, 4.69) is 31.4 Å². The highest BCUT2D eigenvalue weighted by Gasteiger charge is 2.23. The molecule has 3 aromatic carbocycles. The zero-order valence-corrected chi connectivity index (χ0v) is 21.4. The van der Waals surface area contributed by atoms with Gasteiger partial charge in [-0.15, -0.1) is 10.2 Å². The van der Waals surface area contributed by atoms with Crippen LogP contribution in [0.1, 0.15) is 11.4 Å². The maximum atomic E-state index is 13.0. The molecule has 0 saturated heterocycles. The molecule has 0 saturated carbocycles. The van der Waals surface area contributed by atoms with Crippen LogP contribution in [0, 0.1) is 6.92 Å². The van der Waals surface area contributed by atoms with Crippen molar-refractivity contribution in [3.05, 3.63) is 94.7 Å². The van der Waals surface area contributed by atoms with Crippen molar-refractivity contribution in [3.63, 3.8) is 0 Å². The number of para-hydroxylation sites is 1. The minimum atomic E-state index is -3.64. The maximum Gasteiger partial charge on any atom is 0.234 e. The van der Waals surface area contributed by atoms with E-state index in [1.165, 1.54) is 11.8 Å². The molecule has 4 rings (SSSR count). The van der Waals surface area contributed by atoms with Gasteiger partial charge < -0.3 is 5.32 Å². The Morgan fingerprint density at radius 2 is 1.65 bits per heavy atom. The van der Waals surface area contributed by atoms with Gasteiger partial charge in [-0.2, -0.15) is 0 Å². The van der Waals surface area contributed by atoms with Crippen LogP contribution in [0.5, 0.6) is 0 Å². The summed E-state index contributed by atoms with van der Waals surface area (Å²) in [5.41, 5.74) is 2.38. The molecule has 1 heterocycles. The molecular weight excluding hydrogens is 536 g/mol. The molecule has 0 aliphatic carbocycles. The van der Waals surface area contributed by atoms with Crippen molar-refractivity contribution in [2.24, 2.45) is 0 Å². The van der Waals surface area contributed by atoms with Gasteiger partial charge in [-0.1, -0.05) is 63.6 Å². The smallest absolute Gasteiger partial charge is 0.234 e. The van der Waals surface area contributed by atoms with Crippen molar-refractivity contribution in [1.82, 2.24) is 14.8 Å². The van der Waals surface area contributed by atoms with E-state index in [1.807, 2.05) is 49.4 Å². The standard InChI is InChI=1S/C24H21BrN4O3S2/c1-17-7-13-21(14-8-17)34(31,32)16-22-27-28-24(29(22)20-5-3-2-4-6-20)33-15-23(30)26-19-11-9-18(25)10-12-19/h2-14H,15-16H2,1H3,(H,26,30). The quantitative estimate of drug-likeness (QED) is 0.305. The van der Waals surface area contributed by atoms with Gasteiger partial charge in [0.15, 0.2) is 20.8 Å². The number of hydrogen-bond donors (Lipinski definition) is 1. The Kier molecular flexibility index (Phi) is 7.50. The van der Waals surface area contributed by atoms with Crippen LogP contribution in [0.3, 0.4) is 0 Å². The number of carbonyl (C=O) groups is 1. The van der Waals surface area contributed by atoms with Gasteiger partial charge in [0.25, 0.3) is 0 Å². The van der Waals surface area contributed by atoms with Crippen LogP contribution in [0.15, 0.2) is 93.4 Å². The number of carbonyl (C=O) groups excluding carboxylic acids is 1. The molecule has 0 aliphatic rings. The van der Waals surface area contributed by atoms with Crippen LogP contribution in [0.4, 0.5) is 5.69 Å². The molecule has 4 aromatic rings. The van der Waals surface area contributed by atoms with E-state index in [1.54, 1.807) is 41.0 Å². The molecule has 0 unspecified atom stereocenters. The van der Waals surface area contributed by atoms with E-state index in [-0.39, 0.29) is 28.1 Å². The Hall–Kier alpha value is -2.95. The topological polar surface area (TPSA) is 94.0 Å². The molecular formula is C24H21BrN4O3S2. The lowest BCUT2D eigenvalue weighted by atomic mass is 10.2. The predicted molar refractivity (Wildman–Crippen MR) is 137 cm³/mol. The summed E-state index contributed by atoms with van der Waals surface area (Å²) in [6, 6.07) is 23.3. The van der Waals surface area contributed by atoms with Gasteiger partial charge in [-0.25, -0.2) is 8.42 Å². The van der Waals surface area contributed by atoms with Crippen LogP contribution in [0.2, 0.25) is 0 Å². The summed E-state index contributed by atoms with van der Waals surface area (Å²) in [4.78, 5) is 12.7. The first kappa shape index (κ1) is 24.2. The summed E-state index contributed by atoms with van der Waals surface area (Å²) < 4.78 is 28.7. The number of benzene rings is 3. The summed E-state index contributed by atoms with van der Waals surface area (Å²) >= 11 is 4.56. The lowest BCUT2D eigenvalue weighted by molar-refractivity contribution is -0.113. The largest absolute Gasteiger partial charge is 0.325 e. The average Bonchev–Trinajstić information content (AvgIpc) is 3.21. The van der Waals surface area contributed by atoms with Crippen LogP contribution in [-0.2, 0) is 20.4 Å². The second-order valence-electron chi connectivity index (χ2n) is 7.49. The molecule has 1 amide bonds. The summed E-state index contributed by atoms with van der Waals surface area (Å²) in [6.45, 7) is 1.90. The van der Waals surface area contributed by atoms with E-state index >= 15 is 0 Å². The number of halogens is 1. The molecule has 0 fully saturated rings. The molecule has 1 N–H and O–H groups in total. The van der Waals surface area contributed by atoms with E-state index in [0.29, 0.717) is 10.8 Å². The van der Waals surface area contributed by atoms with E-state index < -0.39 is 9.84 Å². The highest BCUT2D eigenvalue weighted by Crippen LogP contribution is 2.25. The lowest BCUT2D eigenvalue weighted by Gasteiger charge is -2.11. The zero-order chi connectivity index (χ0) is 24.1. The molecule has 0 bridgehead atoms. The number of amides is 1. The first-order valence-electron chi connectivity index (χ1n) is 10.3. The van der Waals surface area contributed by atoms with Gasteiger partial charge in [0.1, 0.15) is 5.75 Å². The van der Waals surface area contributed by atoms with Crippen LogP contribution >= 0.6 is 27.7 Å². The van der Waals surface area contributed by atoms with Gasteiger partial charge in [-0.3, -0.25) is 9.36 Å². The number of nitrogens with one attached hydrogen (secondary N) is 1. The van der Waals surface area contributed by atoms with Crippen molar-refractivity contribution in [1.29, 1.82) is 0 Å². The van der Waals surface area contributed by atoms with Crippen LogP contribution in [0.25, 0.3) is 5.69 Å². The number of sulfone groups is 1. The van der Waals surface area contributed by atoms with Crippen molar-refractivity contribution in [2.75, 3.05) is 11.1 Å². The van der Waals surface area contributed by atoms with Gasteiger partial charge in [0.2, 0.25) is 5.91 Å². The SMILES string of the molecule is Cc1ccc(S(=O)(=O)Cc2nnc(SCC(=O)Nc3ccc(Br)cc3)n2-c2ccccc2)cc1. The van der Waals surface area contributed by atoms with Gasteiger partial charge >= 0.3 is 0 Å². The second-order valence-corrected chi connectivity index (χ2v) is 11.3. The molecule has 174 valence electrons. The first-order valence-corrected chi connectivity index (χ1v) is 13.7. The fourth-order valence-corrected chi connectivity index (χ4v) is 5.46. The van der Waals surface area contributed by atoms with Crippen LogP contribution < -0.4 is 5.32 Å². The number of nitrogens with zero attached hydrogens (tertiary/aromatic N) is 3. The third-order valence-electron chi connectivity index (χ3n) is 4.87. The molecule has 0 aliphatic heterocycles. The second kappa shape index (κ2) is 10.5. The molecule has 34 heavy (non-hydrogen) atoms. The lowest BCUT2D eigenvalue weighted by Crippen LogP contribution is -2.15. The third kappa shape index (κ3) is 5.94. The molecule has 0 atom stereocenters. The number of rotatable bonds is 8. The van der Waals surface area contributed by atoms with Crippen LogP contribution in [-0.4, -0.2) is 34.8 Å². The minimum absolute atomic E-state index is 0.0890. The molecule has 0 radical (unpaired) electrons. The van der Waals surface area contributed by atoms with Gasteiger partial charge in [-0.05, 0) is 55.5 Å². The summed E-state index contributed by atoms with van der Waals surface area (Å²) in [5, 5.41) is 11.6. The highest BCUT2D eigenvalue weighted by molar-refractivity contribution is 9.10. The number of anilines is 1. The van der Waals surface area contributed by atoms with Crippen molar-refractivity contribution >= 4 is 49.1 Å².